The molecule has 0 radical (unpaired) electrons. The monoisotopic (exact) mass is 178 g/mol. The molecule has 2 rings (SSSR count). The maximum absolute atomic E-state index is 5.07. The zero-order chi connectivity index (χ0) is 8.39. The van der Waals surface area contributed by atoms with Gasteiger partial charge in [-0.2, -0.15) is 0 Å². The molecule has 1 aliphatic heterocycles. The van der Waals surface area contributed by atoms with E-state index in [0.717, 1.165) is 23.5 Å². The number of anilines is 1. The second kappa shape index (κ2) is 3.11. The smallest absolute Gasteiger partial charge is 0.0943 e. The molecule has 1 heterocycles. The van der Waals surface area contributed by atoms with Crippen LogP contribution in [0, 0.1) is 0 Å². The normalized spacial score (nSPS) is 15.5. The summed E-state index contributed by atoms with van der Waals surface area (Å²) < 4.78 is 0. The lowest BCUT2D eigenvalue weighted by Crippen LogP contribution is -2.25. The quantitative estimate of drug-likeness (QED) is 0.593. The Balaban J connectivity index is 2.32. The third-order valence-electron chi connectivity index (χ3n) is 1.98. The van der Waals surface area contributed by atoms with E-state index in [4.69, 9.17) is 12.2 Å². The van der Waals surface area contributed by atoms with E-state index in [1.165, 1.54) is 5.56 Å². The van der Waals surface area contributed by atoms with Crippen LogP contribution in [-0.4, -0.2) is 4.99 Å². The number of fused-ring (bicyclic) bond motifs is 1. The number of thiocarbonyl (C=S) groups is 1. The van der Waals surface area contributed by atoms with Gasteiger partial charge in [-0.25, -0.2) is 0 Å². The summed E-state index contributed by atoms with van der Waals surface area (Å²) in [7, 11) is 0. The third-order valence-corrected chi connectivity index (χ3v) is 2.28. The van der Waals surface area contributed by atoms with Gasteiger partial charge in [0, 0.05) is 6.42 Å². The van der Waals surface area contributed by atoms with Crippen molar-refractivity contribution in [3.05, 3.63) is 29.8 Å². The predicted molar refractivity (Wildman–Crippen MR) is 54.1 cm³/mol. The van der Waals surface area contributed by atoms with Crippen LogP contribution in [0.3, 0.4) is 0 Å². The number of hydrazine groups is 1. The Morgan fingerprint density at radius 3 is 2.83 bits per heavy atom. The number of benzene rings is 1. The Morgan fingerprint density at radius 2 is 1.92 bits per heavy atom. The third kappa shape index (κ3) is 1.41. The predicted octanol–water partition coefficient (Wildman–Crippen LogP) is 1.88. The molecular formula is C9H10N2S. The van der Waals surface area contributed by atoms with Gasteiger partial charge >= 0.3 is 0 Å². The van der Waals surface area contributed by atoms with E-state index in [1.54, 1.807) is 0 Å². The lowest BCUT2D eigenvalue weighted by molar-refractivity contribution is 1.04. The van der Waals surface area contributed by atoms with Crippen molar-refractivity contribution in [3.63, 3.8) is 0 Å². The topological polar surface area (TPSA) is 24.1 Å². The second-order valence-corrected chi connectivity index (χ2v) is 3.32. The summed E-state index contributed by atoms with van der Waals surface area (Å²) in [6, 6.07) is 8.24. The molecule has 2 N–H and O–H groups in total. The lowest BCUT2D eigenvalue weighted by atomic mass is 10.1. The number of aryl methyl sites for hydroxylation is 1. The van der Waals surface area contributed by atoms with Crippen molar-refractivity contribution in [3.8, 4) is 0 Å². The van der Waals surface area contributed by atoms with Crippen molar-refractivity contribution < 1.29 is 0 Å². The fourth-order valence-electron chi connectivity index (χ4n) is 1.31. The maximum Gasteiger partial charge on any atom is 0.0943 e. The van der Waals surface area contributed by atoms with E-state index in [1.807, 2.05) is 6.07 Å². The maximum atomic E-state index is 5.07. The summed E-state index contributed by atoms with van der Waals surface area (Å²) in [5.41, 5.74) is 8.53. The molecule has 62 valence electrons. The van der Waals surface area contributed by atoms with Crippen LogP contribution in [0.15, 0.2) is 24.3 Å². The molecule has 0 aliphatic carbocycles. The van der Waals surface area contributed by atoms with E-state index >= 15 is 0 Å². The van der Waals surface area contributed by atoms with Gasteiger partial charge < -0.3 is 5.43 Å². The first-order chi connectivity index (χ1) is 5.86. The molecule has 1 aromatic rings. The van der Waals surface area contributed by atoms with Crippen LogP contribution in [0.4, 0.5) is 5.69 Å². The van der Waals surface area contributed by atoms with Crippen molar-refractivity contribution in [1.82, 2.24) is 5.43 Å². The number of hydrogen-bond donors (Lipinski definition) is 2. The van der Waals surface area contributed by atoms with Gasteiger partial charge in [0.05, 0.1) is 10.7 Å². The number of nitrogens with one attached hydrogen (secondary N) is 2. The van der Waals surface area contributed by atoms with Gasteiger partial charge in [-0.15, -0.1) is 0 Å². The van der Waals surface area contributed by atoms with Crippen LogP contribution in [0.25, 0.3) is 0 Å². The summed E-state index contributed by atoms with van der Waals surface area (Å²) in [4.78, 5) is 0.881. The van der Waals surface area contributed by atoms with E-state index in [2.05, 4.69) is 29.1 Å². The standard InChI is InChI=1S/C9H10N2S/c12-9-6-5-7-3-1-2-4-8(7)10-11-9/h1-4,10H,5-6H2,(H,11,12). The molecule has 12 heavy (non-hydrogen) atoms. The Labute approximate surface area is 76.9 Å². The van der Waals surface area contributed by atoms with Crippen molar-refractivity contribution in [1.29, 1.82) is 0 Å². The van der Waals surface area contributed by atoms with Crippen molar-refractivity contribution in [2.75, 3.05) is 5.43 Å². The first kappa shape index (κ1) is 7.55. The van der Waals surface area contributed by atoms with Gasteiger partial charge in [-0.3, -0.25) is 5.43 Å². The zero-order valence-corrected chi connectivity index (χ0v) is 7.45. The second-order valence-electron chi connectivity index (χ2n) is 2.83. The molecule has 0 saturated carbocycles. The summed E-state index contributed by atoms with van der Waals surface area (Å²) in [6.07, 6.45) is 1.95. The molecule has 0 unspecified atom stereocenters. The van der Waals surface area contributed by atoms with Gasteiger partial charge in [-0.05, 0) is 18.1 Å². The van der Waals surface area contributed by atoms with Crippen molar-refractivity contribution >= 4 is 22.9 Å². The summed E-state index contributed by atoms with van der Waals surface area (Å²) in [5, 5.41) is 0. The van der Waals surface area contributed by atoms with Crippen LogP contribution in [0.2, 0.25) is 0 Å². The Morgan fingerprint density at radius 1 is 1.08 bits per heavy atom. The van der Waals surface area contributed by atoms with Gasteiger partial charge in [0.2, 0.25) is 0 Å². The number of rotatable bonds is 0. The fraction of sp³-hybridized carbons (Fsp3) is 0.222. The molecule has 1 aromatic carbocycles. The highest BCUT2D eigenvalue weighted by Crippen LogP contribution is 2.17. The largest absolute Gasteiger partial charge is 0.300 e. The molecule has 0 fully saturated rings. The Bertz CT molecular complexity index is 280. The van der Waals surface area contributed by atoms with E-state index in [0.29, 0.717) is 0 Å². The molecule has 2 nitrogen and oxygen atoms in total. The average molecular weight is 178 g/mol. The van der Waals surface area contributed by atoms with Gasteiger partial charge in [0.15, 0.2) is 0 Å². The molecule has 0 saturated heterocycles. The van der Waals surface area contributed by atoms with Crippen LogP contribution in [0.5, 0.6) is 0 Å². The minimum Gasteiger partial charge on any atom is -0.300 e. The molecule has 0 atom stereocenters. The van der Waals surface area contributed by atoms with Crippen LogP contribution >= 0.6 is 12.2 Å². The first-order valence-electron chi connectivity index (χ1n) is 3.99. The first-order valence-corrected chi connectivity index (χ1v) is 4.40. The molecular weight excluding hydrogens is 168 g/mol. The van der Waals surface area contributed by atoms with Gasteiger partial charge in [-0.1, -0.05) is 30.4 Å². The van der Waals surface area contributed by atoms with E-state index in [9.17, 15) is 0 Å². The minimum atomic E-state index is 0.881. The van der Waals surface area contributed by atoms with Crippen molar-refractivity contribution in [2.45, 2.75) is 12.8 Å². The highest BCUT2D eigenvalue weighted by molar-refractivity contribution is 7.80. The summed E-state index contributed by atoms with van der Waals surface area (Å²) >= 11 is 5.07. The number of hydrogen-bond acceptors (Lipinski definition) is 2. The molecule has 0 amide bonds. The number of para-hydroxylation sites is 1. The molecule has 1 aliphatic rings. The highest BCUT2D eigenvalue weighted by atomic mass is 32.1. The molecule has 0 spiro atoms. The van der Waals surface area contributed by atoms with E-state index < -0.39 is 0 Å². The van der Waals surface area contributed by atoms with Gasteiger partial charge in [0.1, 0.15) is 0 Å². The van der Waals surface area contributed by atoms with E-state index in [-0.39, 0.29) is 0 Å². The lowest BCUT2D eigenvalue weighted by Gasteiger charge is -2.06. The van der Waals surface area contributed by atoms with Crippen LogP contribution in [0.1, 0.15) is 12.0 Å². The summed E-state index contributed by atoms with van der Waals surface area (Å²) in [5.74, 6) is 0. The van der Waals surface area contributed by atoms with Crippen molar-refractivity contribution in [2.24, 2.45) is 0 Å². The Kier molecular flexibility index (Phi) is 1.96. The Hall–Kier alpha value is -1.09. The fourth-order valence-corrected chi connectivity index (χ4v) is 1.46. The SMILES string of the molecule is S=C1CCc2ccccc2NN1. The highest BCUT2D eigenvalue weighted by Gasteiger charge is 2.07. The molecule has 0 bridgehead atoms. The van der Waals surface area contributed by atoms with Crippen LogP contribution < -0.4 is 10.9 Å². The molecule has 0 aromatic heterocycles. The molecule has 3 heteroatoms. The zero-order valence-electron chi connectivity index (χ0n) is 6.63. The summed E-state index contributed by atoms with van der Waals surface area (Å²) in [6.45, 7) is 0. The minimum absolute atomic E-state index is 0.881. The average Bonchev–Trinajstić information content (AvgIpc) is 2.29. The van der Waals surface area contributed by atoms with Crippen LogP contribution in [-0.2, 0) is 6.42 Å². The van der Waals surface area contributed by atoms with Gasteiger partial charge in [0.25, 0.3) is 0 Å².